The average molecular weight is 443 g/mol. The van der Waals surface area contributed by atoms with Crippen molar-refractivity contribution in [1.29, 1.82) is 0 Å². The molecule has 1 aliphatic heterocycles. The van der Waals surface area contributed by atoms with Gasteiger partial charge >= 0.3 is 0 Å². The second-order valence-electron chi connectivity index (χ2n) is 7.75. The largest absolute Gasteiger partial charge is 0.487 e. The van der Waals surface area contributed by atoms with E-state index in [1.165, 1.54) is 24.2 Å². The second-order valence-corrected chi connectivity index (χ2v) is 9.67. The molecule has 3 heterocycles. The van der Waals surface area contributed by atoms with E-state index in [2.05, 4.69) is 27.1 Å². The Morgan fingerprint density at radius 3 is 2.73 bits per heavy atom. The topological polar surface area (TPSA) is 67.3 Å². The van der Waals surface area contributed by atoms with Gasteiger partial charge in [0.1, 0.15) is 12.4 Å². The van der Waals surface area contributed by atoms with Crippen LogP contribution in [-0.2, 0) is 13.2 Å². The zero-order valence-corrected chi connectivity index (χ0v) is 18.9. The van der Waals surface area contributed by atoms with Crippen LogP contribution in [0, 0.1) is 12.8 Å². The first-order chi connectivity index (χ1) is 14.5. The van der Waals surface area contributed by atoms with Crippen LogP contribution in [0.15, 0.2) is 35.0 Å². The molecule has 158 valence electrons. The van der Waals surface area contributed by atoms with E-state index in [0.29, 0.717) is 23.1 Å². The highest BCUT2D eigenvalue weighted by molar-refractivity contribution is 7.14. The van der Waals surface area contributed by atoms with E-state index in [1.807, 2.05) is 17.7 Å². The Kier molecular flexibility index (Phi) is 6.76. The van der Waals surface area contributed by atoms with Gasteiger partial charge in [0.25, 0.3) is 5.91 Å². The first-order valence-corrected chi connectivity index (χ1v) is 11.9. The number of nitrogens with zero attached hydrogens (tertiary/aromatic N) is 3. The summed E-state index contributed by atoms with van der Waals surface area (Å²) in [6.07, 6.45) is 2.56. The number of hydrogen-bond acceptors (Lipinski definition) is 7. The summed E-state index contributed by atoms with van der Waals surface area (Å²) in [5.74, 6) is 1.29. The number of carbonyl (C=O) groups is 1. The maximum absolute atomic E-state index is 12.5. The number of aryl methyl sites for hydroxylation is 1. The SMILES string of the molecule is Cc1nc(COc2ccc(C(=O)Nc3nc(CN4CCCC(C)C4)cs3)cc2)cs1. The Morgan fingerprint density at radius 1 is 1.20 bits per heavy atom. The first-order valence-electron chi connectivity index (χ1n) is 10.2. The molecule has 1 saturated heterocycles. The monoisotopic (exact) mass is 442 g/mol. The molecule has 0 bridgehead atoms. The van der Waals surface area contributed by atoms with Crippen LogP contribution >= 0.6 is 22.7 Å². The summed E-state index contributed by atoms with van der Waals surface area (Å²) in [6.45, 7) is 7.79. The van der Waals surface area contributed by atoms with Crippen molar-refractivity contribution in [1.82, 2.24) is 14.9 Å². The molecule has 1 atom stereocenters. The molecule has 1 unspecified atom stereocenters. The van der Waals surface area contributed by atoms with Crippen molar-refractivity contribution in [3.63, 3.8) is 0 Å². The number of amides is 1. The van der Waals surface area contributed by atoms with Crippen molar-refractivity contribution in [2.24, 2.45) is 5.92 Å². The predicted octanol–water partition coefficient (Wildman–Crippen LogP) is 4.97. The van der Waals surface area contributed by atoms with E-state index in [-0.39, 0.29) is 5.91 Å². The fourth-order valence-electron chi connectivity index (χ4n) is 3.60. The Balaban J connectivity index is 1.29. The normalized spacial score (nSPS) is 17.1. The van der Waals surface area contributed by atoms with E-state index >= 15 is 0 Å². The summed E-state index contributed by atoms with van der Waals surface area (Å²) < 4.78 is 5.74. The molecule has 1 aromatic carbocycles. The van der Waals surface area contributed by atoms with E-state index in [1.54, 1.807) is 35.6 Å². The molecule has 1 N–H and O–H groups in total. The molecule has 0 aliphatic carbocycles. The van der Waals surface area contributed by atoms with Crippen molar-refractivity contribution in [3.05, 3.63) is 57.0 Å². The maximum atomic E-state index is 12.5. The number of anilines is 1. The van der Waals surface area contributed by atoms with Crippen LogP contribution in [0.2, 0.25) is 0 Å². The lowest BCUT2D eigenvalue weighted by Gasteiger charge is -2.30. The third kappa shape index (κ3) is 5.65. The predicted molar refractivity (Wildman–Crippen MR) is 121 cm³/mol. The van der Waals surface area contributed by atoms with E-state index in [9.17, 15) is 4.79 Å². The highest BCUT2D eigenvalue weighted by Crippen LogP contribution is 2.22. The van der Waals surface area contributed by atoms with Gasteiger partial charge in [0.15, 0.2) is 5.13 Å². The Labute approximate surface area is 184 Å². The number of thiazole rings is 2. The second kappa shape index (κ2) is 9.68. The van der Waals surface area contributed by atoms with Gasteiger partial charge in [-0.3, -0.25) is 15.0 Å². The van der Waals surface area contributed by atoms with Crippen molar-refractivity contribution in [2.75, 3.05) is 18.4 Å². The van der Waals surface area contributed by atoms with Gasteiger partial charge in [-0.1, -0.05) is 6.92 Å². The number of benzene rings is 1. The molecule has 0 radical (unpaired) electrons. The van der Waals surface area contributed by atoms with Crippen LogP contribution in [0.5, 0.6) is 5.75 Å². The number of likely N-dealkylation sites (tertiary alicyclic amines) is 1. The van der Waals surface area contributed by atoms with Gasteiger partial charge in [0.2, 0.25) is 0 Å². The molecule has 4 rings (SSSR count). The lowest BCUT2D eigenvalue weighted by Crippen LogP contribution is -2.33. The van der Waals surface area contributed by atoms with Gasteiger partial charge in [0, 0.05) is 29.4 Å². The minimum Gasteiger partial charge on any atom is -0.487 e. The highest BCUT2D eigenvalue weighted by atomic mass is 32.1. The van der Waals surface area contributed by atoms with Gasteiger partial charge in [0.05, 0.1) is 16.4 Å². The summed E-state index contributed by atoms with van der Waals surface area (Å²) in [5.41, 5.74) is 2.51. The van der Waals surface area contributed by atoms with Crippen molar-refractivity contribution in [3.8, 4) is 5.75 Å². The molecular weight excluding hydrogens is 416 g/mol. The number of rotatable bonds is 7. The molecule has 1 fully saturated rings. The Hall–Kier alpha value is -2.29. The van der Waals surface area contributed by atoms with E-state index in [4.69, 9.17) is 4.74 Å². The summed E-state index contributed by atoms with van der Waals surface area (Å²) in [6, 6.07) is 7.14. The highest BCUT2D eigenvalue weighted by Gasteiger charge is 2.17. The first kappa shape index (κ1) is 21.0. The molecule has 2 aromatic heterocycles. The lowest BCUT2D eigenvalue weighted by atomic mass is 10.0. The maximum Gasteiger partial charge on any atom is 0.257 e. The molecule has 6 nitrogen and oxygen atoms in total. The zero-order chi connectivity index (χ0) is 20.9. The summed E-state index contributed by atoms with van der Waals surface area (Å²) >= 11 is 3.08. The fourth-order valence-corrected chi connectivity index (χ4v) is 4.89. The Bertz CT molecular complexity index is 983. The molecule has 0 spiro atoms. The van der Waals surface area contributed by atoms with Crippen LogP contribution in [0.4, 0.5) is 5.13 Å². The third-order valence-electron chi connectivity index (χ3n) is 5.07. The quantitative estimate of drug-likeness (QED) is 0.559. The number of piperidine rings is 1. The van der Waals surface area contributed by atoms with Crippen LogP contribution in [0.3, 0.4) is 0 Å². The lowest BCUT2D eigenvalue weighted by molar-refractivity contribution is 0.102. The molecule has 30 heavy (non-hydrogen) atoms. The van der Waals surface area contributed by atoms with Crippen LogP contribution < -0.4 is 10.1 Å². The molecular formula is C22H26N4O2S2. The van der Waals surface area contributed by atoms with Gasteiger partial charge < -0.3 is 4.74 Å². The Morgan fingerprint density at radius 2 is 2.00 bits per heavy atom. The number of carbonyl (C=O) groups excluding carboxylic acids is 1. The summed E-state index contributed by atoms with van der Waals surface area (Å²) in [4.78, 5) is 24.0. The van der Waals surface area contributed by atoms with E-state index < -0.39 is 0 Å². The molecule has 0 saturated carbocycles. The molecule has 1 aliphatic rings. The molecule has 8 heteroatoms. The molecule has 3 aromatic rings. The van der Waals surface area contributed by atoms with Crippen LogP contribution in [0.1, 0.15) is 46.5 Å². The minimum atomic E-state index is -0.163. The number of aromatic nitrogens is 2. The van der Waals surface area contributed by atoms with Crippen LogP contribution in [0.25, 0.3) is 0 Å². The summed E-state index contributed by atoms with van der Waals surface area (Å²) in [5, 5.41) is 8.59. The zero-order valence-electron chi connectivity index (χ0n) is 17.3. The van der Waals surface area contributed by atoms with Gasteiger partial charge in [-0.05, 0) is 56.5 Å². The van der Waals surface area contributed by atoms with Crippen molar-refractivity contribution < 1.29 is 9.53 Å². The minimum absolute atomic E-state index is 0.163. The fraction of sp³-hybridized carbons (Fsp3) is 0.409. The van der Waals surface area contributed by atoms with E-state index in [0.717, 1.165) is 41.9 Å². The van der Waals surface area contributed by atoms with Gasteiger partial charge in [-0.15, -0.1) is 22.7 Å². The molecule has 1 amide bonds. The number of hydrogen-bond donors (Lipinski definition) is 1. The summed E-state index contributed by atoms with van der Waals surface area (Å²) in [7, 11) is 0. The third-order valence-corrected chi connectivity index (χ3v) is 6.70. The van der Waals surface area contributed by atoms with Crippen molar-refractivity contribution in [2.45, 2.75) is 39.8 Å². The van der Waals surface area contributed by atoms with Gasteiger partial charge in [-0.25, -0.2) is 9.97 Å². The van der Waals surface area contributed by atoms with Crippen molar-refractivity contribution >= 4 is 33.7 Å². The number of ether oxygens (including phenoxy) is 1. The number of nitrogens with one attached hydrogen (secondary N) is 1. The van der Waals surface area contributed by atoms with Gasteiger partial charge in [-0.2, -0.15) is 0 Å². The van der Waals surface area contributed by atoms with Crippen LogP contribution in [-0.4, -0.2) is 33.9 Å². The average Bonchev–Trinajstić information content (AvgIpc) is 3.35. The standard InChI is InChI=1S/C22H26N4O2S2/c1-15-4-3-9-26(10-15)11-18-13-30-22(24-18)25-21(27)17-5-7-20(8-6-17)28-12-19-14-29-16(2)23-19/h5-8,13-15H,3-4,9-12H2,1-2H3,(H,24,25,27). The smallest absolute Gasteiger partial charge is 0.257 e.